The predicted octanol–water partition coefficient (Wildman–Crippen LogP) is 0.524. The number of ether oxygens (including phenoxy) is 4. The summed E-state index contributed by atoms with van der Waals surface area (Å²) in [5.41, 5.74) is 0. The van der Waals surface area contributed by atoms with Gasteiger partial charge in [-0.25, -0.2) is 0 Å². The second-order valence-corrected chi connectivity index (χ2v) is 3.38. The van der Waals surface area contributed by atoms with Gasteiger partial charge in [-0.3, -0.25) is 0 Å². The summed E-state index contributed by atoms with van der Waals surface area (Å²) in [4.78, 5) is 0. The van der Waals surface area contributed by atoms with E-state index in [1.54, 1.807) is 6.61 Å². The topological polar surface area (TPSA) is 40.2 Å². The van der Waals surface area contributed by atoms with Crippen molar-refractivity contribution in [1.82, 2.24) is 0 Å². The van der Waals surface area contributed by atoms with Crippen molar-refractivity contribution in [2.75, 3.05) is 6.61 Å². The molecule has 80 valence electrons. The van der Waals surface area contributed by atoms with Gasteiger partial charge in [-0.1, -0.05) is 0 Å². The summed E-state index contributed by atoms with van der Waals surface area (Å²) < 4.78 is 21.6. The minimum absolute atomic E-state index is 0. The minimum Gasteiger partial charge on any atom is -0.544 e. The van der Waals surface area contributed by atoms with Gasteiger partial charge in [0.2, 0.25) is 0 Å². The standard InChI is InChI=1S/C8H11O4.CH3.W/c1-4-9-2-5-7(11-4)8-6(12-8)3-10-5;;/h3-8H,2H2,1H3;1H3;/q2*-1;+2. The van der Waals surface area contributed by atoms with Crippen LogP contribution in [0.5, 0.6) is 0 Å². The molecule has 3 rings (SSSR count). The number of hydrogen-bond donors (Lipinski definition) is 0. The third kappa shape index (κ3) is 2.05. The van der Waals surface area contributed by atoms with E-state index in [1.807, 2.05) is 6.92 Å². The van der Waals surface area contributed by atoms with E-state index in [0.717, 1.165) is 0 Å². The average molecular weight is 370 g/mol. The predicted molar refractivity (Wildman–Crippen MR) is 44.5 cm³/mol. The Bertz CT molecular complexity index is 201. The molecule has 3 saturated heterocycles. The van der Waals surface area contributed by atoms with Crippen LogP contribution in [0, 0.1) is 14.0 Å². The molecule has 4 nitrogen and oxygen atoms in total. The SMILES string of the molecule is CC1OCC2O[CH-]C3OC3C2O1.[CH3-].[W+2]. The van der Waals surface area contributed by atoms with Crippen LogP contribution < -0.4 is 0 Å². The summed E-state index contributed by atoms with van der Waals surface area (Å²) in [6, 6.07) is 0. The van der Waals surface area contributed by atoms with Crippen LogP contribution in [0.1, 0.15) is 6.92 Å². The molecule has 0 saturated carbocycles. The van der Waals surface area contributed by atoms with Crippen LogP contribution >= 0.6 is 0 Å². The Hall–Kier alpha value is 0.528. The molecule has 3 aliphatic rings. The molecule has 0 aromatic heterocycles. The van der Waals surface area contributed by atoms with Crippen LogP contribution in [-0.2, 0) is 40.0 Å². The number of fused-ring (bicyclic) bond motifs is 3. The van der Waals surface area contributed by atoms with Gasteiger partial charge >= 0.3 is 21.1 Å². The largest absolute Gasteiger partial charge is 2.00 e. The van der Waals surface area contributed by atoms with E-state index in [4.69, 9.17) is 18.9 Å². The van der Waals surface area contributed by atoms with E-state index < -0.39 is 0 Å². The molecule has 5 atom stereocenters. The molecular formula is C9H14O4W. The smallest absolute Gasteiger partial charge is 0.544 e. The van der Waals surface area contributed by atoms with Crippen molar-refractivity contribution in [3.63, 3.8) is 0 Å². The summed E-state index contributed by atoms with van der Waals surface area (Å²) in [6.07, 6.45) is 0.359. The zero-order valence-corrected chi connectivity index (χ0v) is 11.1. The number of rotatable bonds is 0. The summed E-state index contributed by atoms with van der Waals surface area (Å²) in [6.45, 7) is 4.25. The van der Waals surface area contributed by atoms with Crippen molar-refractivity contribution in [3.8, 4) is 0 Å². The van der Waals surface area contributed by atoms with E-state index in [-0.39, 0.29) is 59.2 Å². The quantitative estimate of drug-likeness (QED) is 0.461. The molecule has 14 heavy (non-hydrogen) atoms. The first-order chi connectivity index (χ1) is 5.84. The van der Waals surface area contributed by atoms with Gasteiger partial charge in [-0.05, 0) is 13.0 Å². The third-order valence-electron chi connectivity index (χ3n) is 2.48. The Balaban J connectivity index is 0.000000490. The van der Waals surface area contributed by atoms with Gasteiger partial charge in [0.05, 0.1) is 18.8 Å². The van der Waals surface area contributed by atoms with E-state index in [9.17, 15) is 0 Å². The Morgan fingerprint density at radius 1 is 1.21 bits per heavy atom. The minimum atomic E-state index is -0.127. The Morgan fingerprint density at radius 2 is 2.00 bits per heavy atom. The van der Waals surface area contributed by atoms with Crippen molar-refractivity contribution >= 4 is 0 Å². The molecule has 0 radical (unpaired) electrons. The second kappa shape index (κ2) is 4.58. The first-order valence-electron chi connectivity index (χ1n) is 4.26. The third-order valence-corrected chi connectivity index (χ3v) is 2.48. The summed E-state index contributed by atoms with van der Waals surface area (Å²) in [7, 11) is 0. The summed E-state index contributed by atoms with van der Waals surface area (Å²) >= 11 is 0. The Labute approximate surface area is 98.5 Å². The van der Waals surface area contributed by atoms with E-state index in [0.29, 0.717) is 6.61 Å². The van der Waals surface area contributed by atoms with Crippen molar-refractivity contribution in [2.24, 2.45) is 0 Å². The molecule has 3 aliphatic heterocycles. The molecule has 0 aliphatic carbocycles. The molecular weight excluding hydrogens is 356 g/mol. The molecule has 3 heterocycles. The molecule has 0 bridgehead atoms. The van der Waals surface area contributed by atoms with Gasteiger partial charge in [0, 0.05) is 0 Å². The molecule has 0 aromatic rings. The molecule has 0 amide bonds. The number of hydrogen-bond acceptors (Lipinski definition) is 4. The van der Waals surface area contributed by atoms with Crippen LogP contribution in [0.4, 0.5) is 0 Å². The van der Waals surface area contributed by atoms with Crippen LogP contribution in [0.25, 0.3) is 0 Å². The average Bonchev–Trinajstić information content (AvgIpc) is 2.82. The van der Waals surface area contributed by atoms with Crippen LogP contribution in [0.2, 0.25) is 0 Å². The molecule has 0 aromatic carbocycles. The Kier molecular flexibility index (Phi) is 4.12. The van der Waals surface area contributed by atoms with Crippen molar-refractivity contribution in [1.29, 1.82) is 0 Å². The van der Waals surface area contributed by atoms with Crippen LogP contribution in [0.3, 0.4) is 0 Å². The number of epoxide rings is 1. The van der Waals surface area contributed by atoms with E-state index in [1.165, 1.54) is 0 Å². The summed E-state index contributed by atoms with van der Waals surface area (Å²) in [5, 5.41) is 0. The van der Waals surface area contributed by atoms with E-state index in [2.05, 4.69) is 0 Å². The zero-order chi connectivity index (χ0) is 8.13. The molecule has 0 spiro atoms. The van der Waals surface area contributed by atoms with Gasteiger partial charge in [0.15, 0.2) is 6.29 Å². The first kappa shape index (κ1) is 12.6. The monoisotopic (exact) mass is 370 g/mol. The van der Waals surface area contributed by atoms with Crippen LogP contribution in [0.15, 0.2) is 0 Å². The normalized spacial score (nSPS) is 49.1. The maximum Gasteiger partial charge on any atom is 2.00 e. The van der Waals surface area contributed by atoms with Crippen molar-refractivity contribution in [3.05, 3.63) is 14.0 Å². The first-order valence-corrected chi connectivity index (χ1v) is 4.26. The fraction of sp³-hybridized carbons (Fsp3) is 0.778. The van der Waals surface area contributed by atoms with Gasteiger partial charge in [-0.15, -0.1) is 0 Å². The molecule has 3 fully saturated rings. The van der Waals surface area contributed by atoms with E-state index >= 15 is 0 Å². The van der Waals surface area contributed by atoms with Crippen molar-refractivity contribution < 1.29 is 40.0 Å². The molecule has 5 unspecified atom stereocenters. The Morgan fingerprint density at radius 3 is 2.79 bits per heavy atom. The van der Waals surface area contributed by atoms with Gasteiger partial charge in [-0.2, -0.15) is 6.61 Å². The summed E-state index contributed by atoms with van der Waals surface area (Å²) in [5.74, 6) is 0. The van der Waals surface area contributed by atoms with Gasteiger partial charge < -0.3 is 26.4 Å². The van der Waals surface area contributed by atoms with Crippen molar-refractivity contribution in [2.45, 2.75) is 37.6 Å². The van der Waals surface area contributed by atoms with Gasteiger partial charge in [0.1, 0.15) is 6.10 Å². The second-order valence-electron chi connectivity index (χ2n) is 3.38. The fourth-order valence-corrected chi connectivity index (χ4v) is 1.77. The maximum atomic E-state index is 5.55. The zero-order valence-electron chi connectivity index (χ0n) is 8.21. The molecule has 0 N–H and O–H groups in total. The fourth-order valence-electron chi connectivity index (χ4n) is 1.77. The van der Waals surface area contributed by atoms with Gasteiger partial charge in [0.25, 0.3) is 0 Å². The maximum absolute atomic E-state index is 5.55. The van der Waals surface area contributed by atoms with Crippen LogP contribution in [-0.4, -0.2) is 37.3 Å². The molecule has 5 heteroatoms.